The molecule has 1 aliphatic carbocycles. The molecule has 0 radical (unpaired) electrons. The number of nitrogens with zero attached hydrogens (tertiary/aromatic N) is 2. The van der Waals surface area contributed by atoms with E-state index in [0.29, 0.717) is 54.3 Å². The zero-order chi connectivity index (χ0) is 28.3. The van der Waals surface area contributed by atoms with Crippen molar-refractivity contribution in [1.29, 1.82) is 0 Å². The predicted molar refractivity (Wildman–Crippen MR) is 146 cm³/mol. The number of alkyl halides is 3. The lowest BCUT2D eigenvalue weighted by Crippen LogP contribution is -2.39. The van der Waals surface area contributed by atoms with Crippen LogP contribution in [0, 0.1) is 0 Å². The van der Waals surface area contributed by atoms with E-state index in [1.165, 1.54) is 18.5 Å². The Kier molecular flexibility index (Phi) is 8.13. The van der Waals surface area contributed by atoms with E-state index in [1.807, 2.05) is 0 Å². The summed E-state index contributed by atoms with van der Waals surface area (Å²) in [7, 11) is 0. The number of hydrogen-bond donors (Lipinski definition) is 4. The van der Waals surface area contributed by atoms with E-state index in [9.17, 15) is 23.1 Å². The SMILES string of the molecule is O=C(NC1CCC(O)CC1)C1=Cc2c(ncnc2Nc2ccc(Oc3cccc(C(F)(F)F)c3)c(Cl)c2)NCC1. The molecule has 1 amide bonds. The van der Waals surface area contributed by atoms with Crippen molar-refractivity contribution >= 4 is 40.9 Å². The van der Waals surface area contributed by atoms with Gasteiger partial charge in [0, 0.05) is 23.8 Å². The maximum absolute atomic E-state index is 13.1. The first-order valence-corrected chi connectivity index (χ1v) is 13.2. The van der Waals surface area contributed by atoms with Crippen LogP contribution in [0.4, 0.5) is 30.5 Å². The van der Waals surface area contributed by atoms with Gasteiger partial charge in [-0.1, -0.05) is 17.7 Å². The van der Waals surface area contributed by atoms with Gasteiger partial charge in [-0.2, -0.15) is 13.2 Å². The van der Waals surface area contributed by atoms with Crippen molar-refractivity contribution < 1.29 is 27.8 Å². The minimum Gasteiger partial charge on any atom is -0.456 e. The molecular weight excluding hydrogens is 547 g/mol. The third-order valence-electron chi connectivity index (χ3n) is 6.80. The van der Waals surface area contributed by atoms with Gasteiger partial charge in [0.25, 0.3) is 0 Å². The fourth-order valence-electron chi connectivity index (χ4n) is 4.67. The van der Waals surface area contributed by atoms with E-state index in [0.717, 1.165) is 25.0 Å². The zero-order valence-electron chi connectivity index (χ0n) is 21.3. The Morgan fingerprint density at radius 2 is 1.90 bits per heavy atom. The van der Waals surface area contributed by atoms with Crippen molar-refractivity contribution in [3.05, 3.63) is 70.5 Å². The smallest absolute Gasteiger partial charge is 0.416 e. The quantitative estimate of drug-likeness (QED) is 0.274. The Balaban J connectivity index is 1.33. The second-order valence-electron chi connectivity index (χ2n) is 9.71. The van der Waals surface area contributed by atoms with E-state index in [1.54, 1.807) is 24.3 Å². The van der Waals surface area contributed by atoms with Crippen LogP contribution in [0.3, 0.4) is 0 Å². The summed E-state index contributed by atoms with van der Waals surface area (Å²) >= 11 is 6.40. The number of carbonyl (C=O) groups excluding carboxylic acids is 1. The number of aliphatic hydroxyl groups is 1. The number of rotatable bonds is 6. The molecule has 8 nitrogen and oxygen atoms in total. The molecular formula is C28H27ClF3N5O3. The summed E-state index contributed by atoms with van der Waals surface area (Å²) in [5.41, 5.74) is 0.908. The monoisotopic (exact) mass is 573 g/mol. The molecule has 3 aromatic rings. The fourth-order valence-corrected chi connectivity index (χ4v) is 4.89. The van der Waals surface area contributed by atoms with Crippen molar-refractivity contribution in [2.24, 2.45) is 0 Å². The van der Waals surface area contributed by atoms with Crippen LogP contribution in [0.1, 0.15) is 43.2 Å². The number of fused-ring (bicyclic) bond motifs is 1. The van der Waals surface area contributed by atoms with Crippen LogP contribution in [-0.4, -0.2) is 39.7 Å². The highest BCUT2D eigenvalue weighted by atomic mass is 35.5. The van der Waals surface area contributed by atoms with Gasteiger partial charge in [-0.05, 0) is 74.6 Å². The Morgan fingerprint density at radius 1 is 1.10 bits per heavy atom. The highest BCUT2D eigenvalue weighted by Crippen LogP contribution is 2.36. The second kappa shape index (κ2) is 11.7. The molecule has 40 heavy (non-hydrogen) atoms. The number of nitrogens with one attached hydrogen (secondary N) is 3. The number of benzene rings is 2. The summed E-state index contributed by atoms with van der Waals surface area (Å²) in [6.45, 7) is 0.513. The van der Waals surface area contributed by atoms with Crippen molar-refractivity contribution in [1.82, 2.24) is 15.3 Å². The number of aliphatic hydroxyl groups excluding tert-OH is 1. The van der Waals surface area contributed by atoms with Crippen molar-refractivity contribution in [2.45, 2.75) is 50.4 Å². The highest BCUT2D eigenvalue weighted by Gasteiger charge is 2.30. The molecule has 1 fully saturated rings. The lowest BCUT2D eigenvalue weighted by atomic mass is 9.93. The van der Waals surface area contributed by atoms with E-state index >= 15 is 0 Å². The molecule has 0 spiro atoms. The number of ether oxygens (including phenoxy) is 1. The van der Waals surface area contributed by atoms with Gasteiger partial charge in [-0.3, -0.25) is 4.79 Å². The lowest BCUT2D eigenvalue weighted by Gasteiger charge is -2.26. The third-order valence-corrected chi connectivity index (χ3v) is 7.09. The van der Waals surface area contributed by atoms with E-state index < -0.39 is 11.7 Å². The van der Waals surface area contributed by atoms with Gasteiger partial charge in [-0.15, -0.1) is 0 Å². The van der Waals surface area contributed by atoms with E-state index in [-0.39, 0.29) is 34.6 Å². The Labute approximate surface area is 233 Å². The summed E-state index contributed by atoms with van der Waals surface area (Å²) in [5, 5.41) is 19.4. The molecule has 0 atom stereocenters. The van der Waals surface area contributed by atoms with Crippen LogP contribution >= 0.6 is 11.6 Å². The molecule has 1 aliphatic heterocycles. The predicted octanol–water partition coefficient (Wildman–Crippen LogP) is 6.30. The van der Waals surface area contributed by atoms with Gasteiger partial charge in [0.05, 0.1) is 22.3 Å². The van der Waals surface area contributed by atoms with Gasteiger partial charge < -0.3 is 25.8 Å². The van der Waals surface area contributed by atoms with Crippen molar-refractivity contribution in [3.63, 3.8) is 0 Å². The van der Waals surface area contributed by atoms with Crippen LogP contribution < -0.4 is 20.7 Å². The normalized spacial score (nSPS) is 19.0. The highest BCUT2D eigenvalue weighted by molar-refractivity contribution is 6.32. The molecule has 5 rings (SSSR count). The summed E-state index contributed by atoms with van der Waals surface area (Å²) in [4.78, 5) is 21.7. The second-order valence-corrected chi connectivity index (χ2v) is 10.1. The number of aromatic nitrogens is 2. The first-order valence-electron chi connectivity index (χ1n) is 12.9. The number of halogens is 4. The molecule has 0 bridgehead atoms. The van der Waals surface area contributed by atoms with Crippen LogP contribution in [-0.2, 0) is 11.0 Å². The molecule has 210 valence electrons. The maximum Gasteiger partial charge on any atom is 0.416 e. The van der Waals surface area contributed by atoms with Gasteiger partial charge in [0.1, 0.15) is 29.5 Å². The zero-order valence-corrected chi connectivity index (χ0v) is 22.0. The van der Waals surface area contributed by atoms with Crippen molar-refractivity contribution in [2.75, 3.05) is 17.2 Å². The minimum absolute atomic E-state index is 0.00461. The average molecular weight is 574 g/mol. The van der Waals surface area contributed by atoms with Gasteiger partial charge in [-0.25, -0.2) is 9.97 Å². The molecule has 1 saturated carbocycles. The summed E-state index contributed by atoms with van der Waals surface area (Å²) < 4.78 is 44.7. The summed E-state index contributed by atoms with van der Waals surface area (Å²) in [6, 6.07) is 9.33. The Morgan fingerprint density at radius 3 is 2.65 bits per heavy atom. The average Bonchev–Trinajstić information content (AvgIpc) is 3.15. The van der Waals surface area contributed by atoms with Gasteiger partial charge in [0.2, 0.25) is 5.91 Å². The molecule has 4 N–H and O–H groups in total. The van der Waals surface area contributed by atoms with Gasteiger partial charge >= 0.3 is 6.18 Å². The summed E-state index contributed by atoms with van der Waals surface area (Å²) in [6.07, 6.45) is 1.66. The van der Waals surface area contributed by atoms with Crippen LogP contribution in [0.25, 0.3) is 6.08 Å². The standard InChI is InChI=1S/C28H27ClF3N5O3/c29-23-14-19(6-9-24(23)40-21-3-1-2-17(13-21)28(30,31)32)36-26-22-12-16(10-11-33-25(22)34-15-35-26)27(39)37-18-4-7-20(38)8-5-18/h1-3,6,9,12-15,18,20,38H,4-5,7-8,10-11H2,(H,37,39)(H2,33,34,35,36). The number of anilines is 3. The lowest BCUT2D eigenvalue weighted by molar-refractivity contribution is -0.137. The first kappa shape index (κ1) is 27.7. The Bertz CT molecular complexity index is 1420. The molecule has 1 aromatic heterocycles. The summed E-state index contributed by atoms with van der Waals surface area (Å²) in [5.74, 6) is 1.03. The third kappa shape index (κ3) is 6.65. The number of hydrogen-bond acceptors (Lipinski definition) is 7. The van der Waals surface area contributed by atoms with Crippen LogP contribution in [0.15, 0.2) is 54.4 Å². The van der Waals surface area contributed by atoms with Crippen LogP contribution in [0.5, 0.6) is 11.5 Å². The molecule has 0 unspecified atom stereocenters. The number of amides is 1. The molecule has 2 aliphatic rings. The first-order chi connectivity index (χ1) is 19.2. The topological polar surface area (TPSA) is 108 Å². The number of carbonyl (C=O) groups is 1. The van der Waals surface area contributed by atoms with E-state index in [4.69, 9.17) is 16.3 Å². The fraction of sp³-hybridized carbons (Fsp3) is 0.321. The minimum atomic E-state index is -4.49. The molecule has 2 heterocycles. The maximum atomic E-state index is 13.1. The largest absolute Gasteiger partial charge is 0.456 e. The van der Waals surface area contributed by atoms with Crippen LogP contribution in [0.2, 0.25) is 5.02 Å². The molecule has 0 saturated heterocycles. The Hall–Kier alpha value is -3.83. The van der Waals surface area contributed by atoms with Gasteiger partial charge in [0.15, 0.2) is 0 Å². The molecule has 12 heteroatoms. The molecule has 2 aromatic carbocycles. The van der Waals surface area contributed by atoms with E-state index in [2.05, 4.69) is 25.9 Å². The van der Waals surface area contributed by atoms with Crippen molar-refractivity contribution in [3.8, 4) is 11.5 Å².